The lowest BCUT2D eigenvalue weighted by atomic mass is 9.90. The van der Waals surface area contributed by atoms with Crippen molar-refractivity contribution in [1.82, 2.24) is 4.90 Å². The van der Waals surface area contributed by atoms with Gasteiger partial charge in [0.15, 0.2) is 0 Å². The first-order valence-corrected chi connectivity index (χ1v) is 10.3. The molecule has 1 amide bonds. The highest BCUT2D eigenvalue weighted by molar-refractivity contribution is 6.10. The van der Waals surface area contributed by atoms with Crippen LogP contribution in [0.1, 0.15) is 28.8 Å². The Kier molecular flexibility index (Phi) is 5.50. The maximum Gasteiger partial charge on any atom is 0.254 e. The zero-order chi connectivity index (χ0) is 21.3. The average Bonchev–Trinajstić information content (AvgIpc) is 2.78. The highest BCUT2D eigenvalue weighted by atomic mass is 16.5. The Bertz CT molecular complexity index is 1080. The summed E-state index contributed by atoms with van der Waals surface area (Å²) in [6, 6.07) is 18.1. The topological polar surface area (TPSA) is 75.8 Å². The zero-order valence-electron chi connectivity index (χ0n) is 17.5. The molecular formula is C25H28N2O3. The lowest BCUT2D eigenvalue weighted by Gasteiger charge is -2.37. The molecule has 3 N–H and O–H groups in total. The number of piperidine rings is 1. The number of benzene rings is 3. The van der Waals surface area contributed by atoms with E-state index < -0.39 is 5.60 Å². The number of carbonyl (C=O) groups is 1. The number of fused-ring (bicyclic) bond motifs is 1. The van der Waals surface area contributed by atoms with Gasteiger partial charge in [0.1, 0.15) is 5.75 Å². The van der Waals surface area contributed by atoms with Crippen molar-refractivity contribution < 1.29 is 14.6 Å². The lowest BCUT2D eigenvalue weighted by molar-refractivity contribution is -0.00946. The monoisotopic (exact) mass is 404 g/mol. The molecule has 5 nitrogen and oxygen atoms in total. The molecule has 156 valence electrons. The minimum Gasteiger partial charge on any atom is -0.496 e. The van der Waals surface area contributed by atoms with E-state index in [1.54, 1.807) is 7.11 Å². The first-order valence-electron chi connectivity index (χ1n) is 10.3. The zero-order valence-corrected chi connectivity index (χ0v) is 17.5. The molecule has 0 radical (unpaired) electrons. The molecule has 1 heterocycles. The number of rotatable bonds is 4. The van der Waals surface area contributed by atoms with E-state index in [1.165, 1.54) is 0 Å². The first-order chi connectivity index (χ1) is 14.5. The van der Waals surface area contributed by atoms with Gasteiger partial charge in [0.2, 0.25) is 0 Å². The van der Waals surface area contributed by atoms with E-state index in [1.807, 2.05) is 48.2 Å². The molecule has 0 spiro atoms. The summed E-state index contributed by atoms with van der Waals surface area (Å²) < 4.78 is 5.39. The van der Waals surface area contributed by atoms with E-state index in [0.29, 0.717) is 31.5 Å². The largest absolute Gasteiger partial charge is 0.496 e. The molecule has 0 aliphatic carbocycles. The summed E-state index contributed by atoms with van der Waals surface area (Å²) in [7, 11) is 1.67. The predicted octanol–water partition coefficient (Wildman–Crippen LogP) is 3.75. The molecule has 3 aromatic carbocycles. The number of hydrogen-bond acceptors (Lipinski definition) is 4. The maximum atomic E-state index is 13.3. The summed E-state index contributed by atoms with van der Waals surface area (Å²) in [5.41, 5.74) is 8.77. The number of nitrogens with two attached hydrogens (primary N) is 1. The molecule has 1 aliphatic rings. The van der Waals surface area contributed by atoms with Crippen molar-refractivity contribution in [2.24, 2.45) is 5.73 Å². The van der Waals surface area contributed by atoms with E-state index in [9.17, 15) is 9.90 Å². The molecule has 0 bridgehead atoms. The SMILES string of the molecule is COc1ccc(-c2cccc3c(C(=O)N4CCC(O)(CN)CC4)cccc23)cc1C. The summed E-state index contributed by atoms with van der Waals surface area (Å²) in [6.07, 6.45) is 1.02. The van der Waals surface area contributed by atoms with Gasteiger partial charge in [-0.2, -0.15) is 0 Å². The smallest absolute Gasteiger partial charge is 0.254 e. The summed E-state index contributed by atoms with van der Waals surface area (Å²) in [6.45, 7) is 3.29. The molecular weight excluding hydrogens is 376 g/mol. The average molecular weight is 405 g/mol. The van der Waals surface area contributed by atoms with E-state index in [0.717, 1.165) is 33.2 Å². The molecule has 0 aromatic heterocycles. The van der Waals surface area contributed by atoms with Crippen LogP contribution in [0.15, 0.2) is 54.6 Å². The Morgan fingerprint density at radius 2 is 1.80 bits per heavy atom. The van der Waals surface area contributed by atoms with E-state index in [4.69, 9.17) is 10.5 Å². The third-order valence-electron chi connectivity index (χ3n) is 6.22. The second-order valence-corrected chi connectivity index (χ2v) is 8.11. The van der Waals surface area contributed by atoms with Gasteiger partial charge in [0.25, 0.3) is 5.91 Å². The van der Waals surface area contributed by atoms with Crippen LogP contribution in [-0.2, 0) is 0 Å². The minimum absolute atomic E-state index is 0.00253. The van der Waals surface area contributed by atoms with Gasteiger partial charge in [-0.3, -0.25) is 4.79 Å². The molecule has 30 heavy (non-hydrogen) atoms. The first kappa shape index (κ1) is 20.4. The molecule has 0 unspecified atom stereocenters. The molecule has 3 aromatic rings. The fourth-order valence-electron chi connectivity index (χ4n) is 4.29. The second-order valence-electron chi connectivity index (χ2n) is 8.11. The predicted molar refractivity (Wildman–Crippen MR) is 120 cm³/mol. The lowest BCUT2D eigenvalue weighted by Crippen LogP contribution is -2.50. The number of aryl methyl sites for hydroxylation is 1. The number of aliphatic hydroxyl groups is 1. The summed E-state index contributed by atoms with van der Waals surface area (Å²) >= 11 is 0. The quantitative estimate of drug-likeness (QED) is 0.694. The number of amides is 1. The van der Waals surface area contributed by atoms with E-state index >= 15 is 0 Å². The van der Waals surface area contributed by atoms with Gasteiger partial charge in [-0.25, -0.2) is 0 Å². The third kappa shape index (κ3) is 3.66. The number of carbonyl (C=O) groups excluding carboxylic acids is 1. The van der Waals surface area contributed by atoms with Crippen LogP contribution in [0.5, 0.6) is 5.75 Å². The fourth-order valence-corrected chi connectivity index (χ4v) is 4.29. The Labute approximate surface area is 177 Å². The minimum atomic E-state index is -0.852. The van der Waals surface area contributed by atoms with Gasteiger partial charge in [-0.1, -0.05) is 36.4 Å². The van der Waals surface area contributed by atoms with Crippen molar-refractivity contribution in [2.75, 3.05) is 26.7 Å². The van der Waals surface area contributed by atoms with Crippen molar-refractivity contribution in [3.63, 3.8) is 0 Å². The number of hydrogen-bond donors (Lipinski definition) is 2. The van der Waals surface area contributed by atoms with Crippen molar-refractivity contribution in [3.8, 4) is 16.9 Å². The fraction of sp³-hybridized carbons (Fsp3) is 0.320. The van der Waals surface area contributed by atoms with Gasteiger partial charge >= 0.3 is 0 Å². The standard InChI is InChI=1S/C25H28N2O3/c1-17-15-18(9-10-23(17)30-2)19-5-3-7-21-20(19)6-4-8-22(21)24(28)27-13-11-25(29,16-26)12-14-27/h3-10,15,29H,11-14,16,26H2,1-2H3. The molecule has 4 rings (SSSR count). The Balaban J connectivity index is 1.71. The van der Waals surface area contributed by atoms with Crippen molar-refractivity contribution >= 4 is 16.7 Å². The third-order valence-corrected chi connectivity index (χ3v) is 6.22. The number of likely N-dealkylation sites (tertiary alicyclic amines) is 1. The molecule has 5 heteroatoms. The second kappa shape index (κ2) is 8.09. The van der Waals surface area contributed by atoms with Crippen LogP contribution in [0.25, 0.3) is 21.9 Å². The maximum absolute atomic E-state index is 13.3. The van der Waals surface area contributed by atoms with Gasteiger partial charge in [0, 0.05) is 25.2 Å². The molecule has 1 fully saturated rings. The van der Waals surface area contributed by atoms with Gasteiger partial charge in [0.05, 0.1) is 12.7 Å². The van der Waals surface area contributed by atoms with Crippen LogP contribution < -0.4 is 10.5 Å². The summed E-state index contributed by atoms with van der Waals surface area (Å²) in [4.78, 5) is 15.1. The Morgan fingerprint density at radius 1 is 1.10 bits per heavy atom. The highest BCUT2D eigenvalue weighted by Crippen LogP contribution is 2.33. The van der Waals surface area contributed by atoms with Gasteiger partial charge < -0.3 is 20.5 Å². The van der Waals surface area contributed by atoms with E-state index in [-0.39, 0.29) is 12.5 Å². The van der Waals surface area contributed by atoms with Gasteiger partial charge in [-0.15, -0.1) is 0 Å². The molecule has 1 saturated heterocycles. The van der Waals surface area contributed by atoms with E-state index in [2.05, 4.69) is 18.2 Å². The van der Waals surface area contributed by atoms with Gasteiger partial charge in [-0.05, 0) is 65.4 Å². The van der Waals surface area contributed by atoms with Crippen LogP contribution in [0.2, 0.25) is 0 Å². The molecule has 1 aliphatic heterocycles. The number of nitrogens with zero attached hydrogens (tertiary/aromatic N) is 1. The summed E-state index contributed by atoms with van der Waals surface area (Å²) in [5.74, 6) is 0.861. The highest BCUT2D eigenvalue weighted by Gasteiger charge is 2.33. The van der Waals surface area contributed by atoms with Crippen molar-refractivity contribution in [1.29, 1.82) is 0 Å². The van der Waals surface area contributed by atoms with Crippen LogP contribution in [0, 0.1) is 6.92 Å². The normalized spacial score (nSPS) is 15.9. The molecule has 0 atom stereocenters. The van der Waals surface area contributed by atoms with Crippen LogP contribution >= 0.6 is 0 Å². The van der Waals surface area contributed by atoms with Crippen LogP contribution in [0.3, 0.4) is 0 Å². The van der Waals surface area contributed by atoms with Crippen molar-refractivity contribution in [3.05, 3.63) is 65.7 Å². The van der Waals surface area contributed by atoms with Crippen molar-refractivity contribution in [2.45, 2.75) is 25.4 Å². The Hall–Kier alpha value is -2.89. The number of ether oxygens (including phenoxy) is 1. The Morgan fingerprint density at radius 3 is 2.47 bits per heavy atom. The van der Waals surface area contributed by atoms with Crippen LogP contribution in [0.4, 0.5) is 0 Å². The molecule has 0 saturated carbocycles. The summed E-state index contributed by atoms with van der Waals surface area (Å²) in [5, 5.41) is 12.4. The van der Waals surface area contributed by atoms with Crippen LogP contribution in [-0.4, -0.2) is 48.3 Å². The number of methoxy groups -OCH3 is 1.